The quantitative estimate of drug-likeness (QED) is 0.307. The highest BCUT2D eigenvalue weighted by atomic mass is 35.5. The van der Waals surface area contributed by atoms with Gasteiger partial charge in [0, 0.05) is 22.7 Å². The van der Waals surface area contributed by atoms with Crippen LogP contribution in [0.25, 0.3) is 0 Å². The van der Waals surface area contributed by atoms with Gasteiger partial charge in [-0.2, -0.15) is 5.26 Å². The van der Waals surface area contributed by atoms with E-state index in [1.807, 2.05) is 46.8 Å². The number of rotatable bonds is 4. The average Bonchev–Trinajstić information content (AvgIpc) is 3.26. The van der Waals surface area contributed by atoms with Crippen molar-refractivity contribution in [3.63, 3.8) is 0 Å². The molecular formula is C34H41Cl2F2N3O. The molecular weight excluding hydrogens is 575 g/mol. The monoisotopic (exact) mass is 615 g/mol. The summed E-state index contributed by atoms with van der Waals surface area (Å²) < 4.78 is 27.1. The van der Waals surface area contributed by atoms with Crippen LogP contribution in [0.5, 0.6) is 0 Å². The highest BCUT2D eigenvalue weighted by molar-refractivity contribution is 6.31. The van der Waals surface area contributed by atoms with Crippen molar-refractivity contribution in [2.24, 2.45) is 11.3 Å². The van der Waals surface area contributed by atoms with Gasteiger partial charge in [0.05, 0.1) is 23.1 Å². The van der Waals surface area contributed by atoms with Crippen LogP contribution in [0, 0.1) is 55.1 Å². The zero-order valence-corrected chi connectivity index (χ0v) is 27.1. The maximum Gasteiger partial charge on any atom is 0.242 e. The molecule has 42 heavy (non-hydrogen) atoms. The van der Waals surface area contributed by atoms with E-state index in [-0.39, 0.29) is 28.2 Å². The molecule has 3 unspecified atom stereocenters. The molecule has 3 aromatic rings. The molecule has 0 bridgehead atoms. The van der Waals surface area contributed by atoms with E-state index in [2.05, 4.69) is 37.5 Å². The van der Waals surface area contributed by atoms with Gasteiger partial charge in [-0.05, 0) is 85.2 Å². The number of hydrogen-bond acceptors (Lipinski definition) is 3. The standard InChI is InChI=1S/C26H31ClFN3O.C6H4ClF.C2H6/c1-14-10-16(3)20(11-15(14)2)31-25(32)24-22(17-8-7-9-19(27)23(17)28)18(13-29)21(30-24)12-26(4,5)6;7-5-2-1-3-6(8)4-5;1-2/h7-11,18,21-22,24,30H,12H2,1-6H3,(H,31,32);1-4H;1-2H3/t18?,21?,22?,24-;;/m1../s1. The van der Waals surface area contributed by atoms with Gasteiger partial charge in [0.2, 0.25) is 5.91 Å². The van der Waals surface area contributed by atoms with Gasteiger partial charge in [-0.3, -0.25) is 4.79 Å². The van der Waals surface area contributed by atoms with E-state index >= 15 is 4.39 Å². The topological polar surface area (TPSA) is 64.9 Å². The second-order valence-corrected chi connectivity index (χ2v) is 12.4. The Bertz CT molecular complexity index is 1400. The number of nitrogens with one attached hydrogen (secondary N) is 2. The maximum absolute atomic E-state index is 15.1. The molecule has 3 aromatic carbocycles. The van der Waals surface area contributed by atoms with Crippen molar-refractivity contribution >= 4 is 34.8 Å². The Morgan fingerprint density at radius 3 is 2.14 bits per heavy atom. The van der Waals surface area contributed by atoms with Crippen molar-refractivity contribution in [2.75, 3.05) is 5.32 Å². The van der Waals surface area contributed by atoms with Gasteiger partial charge in [-0.25, -0.2) is 8.78 Å². The van der Waals surface area contributed by atoms with E-state index in [0.717, 1.165) is 22.4 Å². The summed E-state index contributed by atoms with van der Waals surface area (Å²) >= 11 is 11.5. The van der Waals surface area contributed by atoms with Crippen molar-refractivity contribution in [1.29, 1.82) is 5.26 Å². The molecule has 0 aliphatic carbocycles. The third-order valence-corrected chi connectivity index (χ3v) is 7.59. The van der Waals surface area contributed by atoms with E-state index < -0.39 is 23.7 Å². The summed E-state index contributed by atoms with van der Waals surface area (Å²) in [6, 6.07) is 15.9. The number of hydrogen-bond donors (Lipinski definition) is 2. The Morgan fingerprint density at radius 1 is 0.976 bits per heavy atom. The van der Waals surface area contributed by atoms with Crippen LogP contribution in [-0.2, 0) is 4.79 Å². The second kappa shape index (κ2) is 15.5. The number of anilines is 1. The molecule has 4 rings (SSSR count). The summed E-state index contributed by atoms with van der Waals surface area (Å²) in [4.78, 5) is 13.5. The smallest absolute Gasteiger partial charge is 0.242 e. The van der Waals surface area contributed by atoms with Gasteiger partial charge in [0.25, 0.3) is 0 Å². The Balaban J connectivity index is 0.000000525. The lowest BCUT2D eigenvalue weighted by molar-refractivity contribution is -0.118. The first-order valence-corrected chi connectivity index (χ1v) is 14.9. The van der Waals surface area contributed by atoms with Crippen LogP contribution in [0.2, 0.25) is 10.0 Å². The Hall–Kier alpha value is -2.98. The number of nitriles is 1. The van der Waals surface area contributed by atoms with Gasteiger partial charge < -0.3 is 10.6 Å². The van der Waals surface area contributed by atoms with Crippen LogP contribution in [0.4, 0.5) is 14.5 Å². The van der Waals surface area contributed by atoms with Crippen LogP contribution in [-0.4, -0.2) is 18.0 Å². The molecule has 0 saturated carbocycles. The fourth-order valence-corrected chi connectivity index (χ4v) is 5.43. The maximum atomic E-state index is 15.1. The molecule has 2 N–H and O–H groups in total. The minimum Gasteiger partial charge on any atom is -0.324 e. The molecule has 1 amide bonds. The van der Waals surface area contributed by atoms with Crippen LogP contribution in [0.15, 0.2) is 54.6 Å². The molecule has 1 aliphatic rings. The zero-order chi connectivity index (χ0) is 31.8. The van der Waals surface area contributed by atoms with Crippen LogP contribution in [0.3, 0.4) is 0 Å². The summed E-state index contributed by atoms with van der Waals surface area (Å²) in [7, 11) is 0. The Morgan fingerprint density at radius 2 is 1.60 bits per heavy atom. The van der Waals surface area contributed by atoms with E-state index in [9.17, 15) is 14.4 Å². The fraction of sp³-hybridized carbons (Fsp3) is 0.412. The lowest BCUT2D eigenvalue weighted by Crippen LogP contribution is -2.42. The number of halogens is 4. The lowest BCUT2D eigenvalue weighted by atomic mass is 9.77. The lowest BCUT2D eigenvalue weighted by Gasteiger charge is -2.25. The number of carbonyl (C=O) groups excluding carboxylic acids is 1. The van der Waals surface area contributed by atoms with Crippen LogP contribution >= 0.6 is 23.2 Å². The summed E-state index contributed by atoms with van der Waals surface area (Å²) in [6.07, 6.45) is 0.677. The van der Waals surface area contributed by atoms with Gasteiger partial charge >= 0.3 is 0 Å². The minimum absolute atomic E-state index is 0.0115. The Kier molecular flexibility index (Phi) is 13.0. The first-order chi connectivity index (χ1) is 19.7. The normalized spacial score (nSPS) is 19.5. The average molecular weight is 617 g/mol. The molecule has 0 radical (unpaired) electrons. The Labute approximate surface area is 259 Å². The third-order valence-electron chi connectivity index (χ3n) is 7.06. The second-order valence-electron chi connectivity index (χ2n) is 11.5. The van der Waals surface area contributed by atoms with Gasteiger partial charge in [-0.1, -0.05) is 82.1 Å². The van der Waals surface area contributed by atoms with E-state index in [4.69, 9.17) is 23.2 Å². The predicted octanol–water partition coefficient (Wildman–Crippen LogP) is 9.55. The van der Waals surface area contributed by atoms with Gasteiger partial charge in [0.1, 0.15) is 11.6 Å². The van der Waals surface area contributed by atoms with Crippen molar-refractivity contribution in [3.05, 3.63) is 98.5 Å². The van der Waals surface area contributed by atoms with Crippen molar-refractivity contribution < 1.29 is 13.6 Å². The molecule has 1 fully saturated rings. The molecule has 4 atom stereocenters. The molecule has 8 heteroatoms. The van der Waals surface area contributed by atoms with Crippen LogP contribution in [0.1, 0.15) is 69.2 Å². The summed E-state index contributed by atoms with van der Waals surface area (Å²) in [5, 5.41) is 16.9. The first-order valence-electron chi connectivity index (χ1n) is 14.1. The summed E-state index contributed by atoms with van der Waals surface area (Å²) in [5.41, 5.74) is 4.12. The molecule has 226 valence electrons. The van der Waals surface area contributed by atoms with Crippen molar-refractivity contribution in [2.45, 2.75) is 79.8 Å². The molecule has 0 spiro atoms. The van der Waals surface area contributed by atoms with Crippen LogP contribution < -0.4 is 10.6 Å². The molecule has 0 aromatic heterocycles. The van der Waals surface area contributed by atoms with Gasteiger partial charge in [-0.15, -0.1) is 0 Å². The number of benzene rings is 3. The molecule has 1 aliphatic heterocycles. The largest absolute Gasteiger partial charge is 0.324 e. The number of nitrogens with zero attached hydrogens (tertiary/aromatic N) is 1. The van der Waals surface area contributed by atoms with E-state index in [1.165, 1.54) is 18.2 Å². The number of carbonyl (C=O) groups is 1. The summed E-state index contributed by atoms with van der Waals surface area (Å²) in [5.74, 6) is -2.37. The highest BCUT2D eigenvalue weighted by Gasteiger charge is 2.49. The minimum atomic E-state index is -0.763. The first kappa shape index (κ1) is 35.2. The zero-order valence-electron chi connectivity index (χ0n) is 25.6. The van der Waals surface area contributed by atoms with Crippen molar-refractivity contribution in [1.82, 2.24) is 5.32 Å². The molecule has 1 saturated heterocycles. The molecule has 1 heterocycles. The summed E-state index contributed by atoms with van der Waals surface area (Å²) in [6.45, 7) is 16.2. The number of aryl methyl sites for hydroxylation is 3. The number of amides is 1. The SMILES string of the molecule is CC.Cc1cc(C)c(NC(=O)[C@@H]2NC(CC(C)(C)C)C(C#N)C2c2cccc(Cl)c2F)cc1C.Fc1cccc(Cl)c1. The predicted molar refractivity (Wildman–Crippen MR) is 170 cm³/mol. The third kappa shape index (κ3) is 9.26. The highest BCUT2D eigenvalue weighted by Crippen LogP contribution is 2.42. The van der Waals surface area contributed by atoms with E-state index in [0.29, 0.717) is 17.0 Å². The van der Waals surface area contributed by atoms with E-state index in [1.54, 1.807) is 24.3 Å². The molecule has 4 nitrogen and oxygen atoms in total. The van der Waals surface area contributed by atoms with Crippen molar-refractivity contribution in [3.8, 4) is 6.07 Å². The van der Waals surface area contributed by atoms with Gasteiger partial charge in [0.15, 0.2) is 0 Å². The fourth-order valence-electron chi connectivity index (χ4n) is 5.07.